The van der Waals surface area contributed by atoms with Crippen LogP contribution in [-0.2, 0) is 0 Å². The molecule has 3 heterocycles. The van der Waals surface area contributed by atoms with Crippen molar-refractivity contribution in [3.8, 4) is 11.4 Å². The van der Waals surface area contributed by atoms with Gasteiger partial charge >= 0.3 is 0 Å². The van der Waals surface area contributed by atoms with Crippen LogP contribution >= 0.6 is 15.9 Å². The van der Waals surface area contributed by atoms with Gasteiger partial charge in [-0.3, -0.25) is 9.78 Å². The molecular weight excluding hydrogens is 408 g/mol. The zero-order valence-electron chi connectivity index (χ0n) is 14.3. The predicted octanol–water partition coefficient (Wildman–Crippen LogP) is 3.89. The van der Waals surface area contributed by atoms with E-state index in [4.69, 9.17) is 0 Å². The number of hydrogen-bond acceptors (Lipinski definition) is 5. The van der Waals surface area contributed by atoms with E-state index in [9.17, 15) is 4.79 Å². The van der Waals surface area contributed by atoms with E-state index in [1.807, 2.05) is 36.4 Å². The summed E-state index contributed by atoms with van der Waals surface area (Å²) >= 11 is 3.54. The molecule has 7 nitrogen and oxygen atoms in total. The lowest BCUT2D eigenvalue weighted by atomic mass is 10.2. The maximum absolute atomic E-state index is 11.8. The van der Waals surface area contributed by atoms with E-state index in [1.165, 1.54) is 0 Å². The van der Waals surface area contributed by atoms with E-state index in [1.54, 1.807) is 25.5 Å². The van der Waals surface area contributed by atoms with Crippen LogP contribution in [0.15, 0.2) is 59.3 Å². The van der Waals surface area contributed by atoms with E-state index in [-0.39, 0.29) is 5.91 Å². The molecule has 4 rings (SSSR count). The van der Waals surface area contributed by atoms with Crippen molar-refractivity contribution in [1.29, 1.82) is 0 Å². The average Bonchev–Trinajstić information content (AvgIpc) is 3.13. The number of aromatic nitrogens is 4. The fourth-order valence-corrected chi connectivity index (χ4v) is 3.31. The number of fused-ring (bicyclic) bond motifs is 1. The van der Waals surface area contributed by atoms with Gasteiger partial charge in [-0.05, 0) is 52.3 Å². The van der Waals surface area contributed by atoms with Gasteiger partial charge < -0.3 is 15.6 Å². The van der Waals surface area contributed by atoms with Crippen LogP contribution in [0.4, 0.5) is 11.6 Å². The van der Waals surface area contributed by atoms with Gasteiger partial charge in [-0.2, -0.15) is 0 Å². The molecule has 0 unspecified atom stereocenters. The Morgan fingerprint density at radius 3 is 2.74 bits per heavy atom. The SMILES string of the molecule is CNC(=O)c1cc2cc(Nc3nccc(-c4ccccn4)n3)cc(Br)c2[nH]1. The zero-order valence-corrected chi connectivity index (χ0v) is 15.9. The van der Waals surface area contributed by atoms with E-state index >= 15 is 0 Å². The Morgan fingerprint density at radius 1 is 1.07 bits per heavy atom. The molecule has 0 aliphatic rings. The number of carbonyl (C=O) groups excluding carboxylic acids is 1. The fraction of sp³-hybridized carbons (Fsp3) is 0.0526. The highest BCUT2D eigenvalue weighted by Crippen LogP contribution is 2.30. The highest BCUT2D eigenvalue weighted by atomic mass is 79.9. The second-order valence-corrected chi connectivity index (χ2v) is 6.64. The molecule has 1 amide bonds. The predicted molar refractivity (Wildman–Crippen MR) is 108 cm³/mol. The molecule has 8 heteroatoms. The van der Waals surface area contributed by atoms with E-state index < -0.39 is 0 Å². The first-order valence-electron chi connectivity index (χ1n) is 8.20. The van der Waals surface area contributed by atoms with Crippen LogP contribution in [0.3, 0.4) is 0 Å². The second-order valence-electron chi connectivity index (χ2n) is 5.79. The minimum atomic E-state index is -0.168. The van der Waals surface area contributed by atoms with Crippen LogP contribution in [0, 0.1) is 0 Å². The molecule has 134 valence electrons. The molecule has 0 fully saturated rings. The molecule has 3 aromatic heterocycles. The van der Waals surface area contributed by atoms with E-state index in [2.05, 4.69) is 46.5 Å². The van der Waals surface area contributed by atoms with E-state index in [0.717, 1.165) is 32.5 Å². The summed E-state index contributed by atoms with van der Waals surface area (Å²) in [6, 6.07) is 13.1. The van der Waals surface area contributed by atoms with Crippen LogP contribution in [0.5, 0.6) is 0 Å². The largest absolute Gasteiger partial charge is 0.354 e. The lowest BCUT2D eigenvalue weighted by molar-refractivity contribution is 0.0959. The Balaban J connectivity index is 1.66. The maximum Gasteiger partial charge on any atom is 0.267 e. The molecule has 0 saturated carbocycles. The number of aromatic amines is 1. The number of anilines is 2. The Morgan fingerprint density at radius 2 is 1.96 bits per heavy atom. The van der Waals surface area contributed by atoms with Crippen molar-refractivity contribution in [2.45, 2.75) is 0 Å². The highest BCUT2D eigenvalue weighted by Gasteiger charge is 2.12. The maximum atomic E-state index is 11.8. The molecule has 0 saturated heterocycles. The molecule has 0 aliphatic heterocycles. The molecule has 0 aliphatic carbocycles. The van der Waals surface area contributed by atoms with E-state index in [0.29, 0.717) is 11.6 Å². The fourth-order valence-electron chi connectivity index (χ4n) is 2.73. The standard InChI is InChI=1S/C19H15BrN6O/c1-21-18(27)16-9-11-8-12(10-13(20)17(11)25-16)24-19-23-7-5-15(26-19)14-4-2-3-6-22-14/h2-10,25H,1H3,(H,21,27)(H,23,24,26). The molecular formula is C19H15BrN6O. The van der Waals surface area contributed by atoms with Crippen molar-refractivity contribution in [1.82, 2.24) is 25.3 Å². The van der Waals surface area contributed by atoms with Crippen LogP contribution in [0.1, 0.15) is 10.5 Å². The number of rotatable bonds is 4. The Bertz CT molecular complexity index is 1130. The third kappa shape index (κ3) is 3.52. The van der Waals surface area contributed by atoms with Gasteiger partial charge in [0.1, 0.15) is 5.69 Å². The van der Waals surface area contributed by atoms with Gasteiger partial charge in [-0.1, -0.05) is 6.07 Å². The number of H-pyrrole nitrogens is 1. The van der Waals surface area contributed by atoms with Crippen LogP contribution < -0.4 is 10.6 Å². The van der Waals surface area contributed by atoms with Gasteiger partial charge in [0, 0.05) is 35.0 Å². The topological polar surface area (TPSA) is 95.6 Å². The van der Waals surface area contributed by atoms with Gasteiger partial charge in [0.2, 0.25) is 5.95 Å². The summed E-state index contributed by atoms with van der Waals surface area (Å²) in [6.07, 6.45) is 3.42. The Kier molecular flexibility index (Phi) is 4.55. The molecule has 3 N–H and O–H groups in total. The first kappa shape index (κ1) is 17.2. The van der Waals surface area contributed by atoms with Crippen LogP contribution in [0.2, 0.25) is 0 Å². The summed E-state index contributed by atoms with van der Waals surface area (Å²) in [7, 11) is 1.60. The molecule has 1 aromatic carbocycles. The molecule has 4 aromatic rings. The number of hydrogen-bond donors (Lipinski definition) is 3. The minimum absolute atomic E-state index is 0.168. The summed E-state index contributed by atoms with van der Waals surface area (Å²) < 4.78 is 0.832. The van der Waals surface area contributed by atoms with Crippen LogP contribution in [-0.4, -0.2) is 32.9 Å². The van der Waals surface area contributed by atoms with Crippen molar-refractivity contribution in [2.75, 3.05) is 12.4 Å². The summed E-state index contributed by atoms with van der Waals surface area (Å²) in [5, 5.41) is 6.71. The number of nitrogens with zero attached hydrogens (tertiary/aromatic N) is 3. The minimum Gasteiger partial charge on any atom is -0.354 e. The summed E-state index contributed by atoms with van der Waals surface area (Å²) in [6.45, 7) is 0. The van der Waals surface area contributed by atoms with Crippen LogP contribution in [0.25, 0.3) is 22.3 Å². The molecule has 0 bridgehead atoms. The van der Waals surface area contributed by atoms with Crippen molar-refractivity contribution in [3.63, 3.8) is 0 Å². The molecule has 0 atom stereocenters. The summed E-state index contributed by atoms with van der Waals surface area (Å²) in [4.78, 5) is 28.1. The van der Waals surface area contributed by atoms with Crippen molar-refractivity contribution < 1.29 is 4.79 Å². The third-order valence-electron chi connectivity index (χ3n) is 3.99. The molecule has 27 heavy (non-hydrogen) atoms. The average molecular weight is 423 g/mol. The number of halogens is 1. The molecule has 0 radical (unpaired) electrons. The number of benzene rings is 1. The van der Waals surface area contributed by atoms with Gasteiger partial charge in [0.15, 0.2) is 0 Å². The first-order valence-corrected chi connectivity index (χ1v) is 8.99. The lowest BCUT2D eigenvalue weighted by Gasteiger charge is -2.07. The lowest BCUT2D eigenvalue weighted by Crippen LogP contribution is -2.17. The monoisotopic (exact) mass is 422 g/mol. The molecule has 0 spiro atoms. The van der Waals surface area contributed by atoms with Crippen molar-refractivity contribution in [3.05, 3.63) is 65.0 Å². The van der Waals surface area contributed by atoms with Crippen molar-refractivity contribution in [2.24, 2.45) is 0 Å². The summed E-state index contributed by atoms with van der Waals surface area (Å²) in [5.74, 6) is 0.297. The second kappa shape index (κ2) is 7.16. The first-order chi connectivity index (χ1) is 13.1. The third-order valence-corrected chi connectivity index (χ3v) is 4.62. The zero-order chi connectivity index (χ0) is 18.8. The van der Waals surface area contributed by atoms with Gasteiger partial charge in [-0.15, -0.1) is 0 Å². The number of nitrogens with one attached hydrogen (secondary N) is 3. The quantitative estimate of drug-likeness (QED) is 0.463. The number of pyridine rings is 1. The Hall–Kier alpha value is -3.26. The smallest absolute Gasteiger partial charge is 0.267 e. The summed E-state index contributed by atoms with van der Waals surface area (Å²) in [5.41, 5.74) is 3.66. The highest BCUT2D eigenvalue weighted by molar-refractivity contribution is 9.10. The van der Waals surface area contributed by atoms with Gasteiger partial charge in [0.05, 0.1) is 16.9 Å². The van der Waals surface area contributed by atoms with Crippen molar-refractivity contribution >= 4 is 44.4 Å². The van der Waals surface area contributed by atoms with Gasteiger partial charge in [-0.25, -0.2) is 9.97 Å². The normalized spacial score (nSPS) is 10.7. The Labute approximate surface area is 163 Å². The number of carbonyl (C=O) groups is 1. The number of amides is 1. The van der Waals surface area contributed by atoms with Gasteiger partial charge in [0.25, 0.3) is 5.91 Å².